The van der Waals surface area contributed by atoms with E-state index in [9.17, 15) is 9.59 Å². The lowest BCUT2D eigenvalue weighted by Gasteiger charge is -2.28. The molecule has 0 aliphatic carbocycles. The largest absolute Gasteiger partial charge is 0.374 e. The van der Waals surface area contributed by atoms with Gasteiger partial charge in [0.2, 0.25) is 5.91 Å². The molecule has 6 nitrogen and oxygen atoms in total. The summed E-state index contributed by atoms with van der Waals surface area (Å²) in [4.78, 5) is 31.3. The summed E-state index contributed by atoms with van der Waals surface area (Å²) in [6.07, 6.45) is 3.95. The van der Waals surface area contributed by atoms with Crippen molar-refractivity contribution in [2.24, 2.45) is 0 Å². The Morgan fingerprint density at radius 3 is 2.96 bits per heavy atom. The molecule has 3 aromatic rings. The fraction of sp³-hybridized carbons (Fsp3) is 0.286. The maximum atomic E-state index is 12.5. The molecule has 0 fully saturated rings. The predicted octanol–water partition coefficient (Wildman–Crippen LogP) is 2.81. The van der Waals surface area contributed by atoms with Crippen LogP contribution in [0.3, 0.4) is 0 Å². The molecule has 1 N–H and O–H groups in total. The molecule has 0 spiro atoms. The molecule has 0 saturated carbocycles. The van der Waals surface area contributed by atoms with Crippen molar-refractivity contribution >= 4 is 28.2 Å². The van der Waals surface area contributed by atoms with Crippen molar-refractivity contribution in [1.29, 1.82) is 0 Å². The number of amides is 1. The van der Waals surface area contributed by atoms with Gasteiger partial charge in [-0.2, -0.15) is 0 Å². The maximum Gasteiger partial charge on any atom is 0.261 e. The molecule has 1 aromatic heterocycles. The first-order valence-electron chi connectivity index (χ1n) is 9.20. The maximum absolute atomic E-state index is 12.5. The zero-order chi connectivity index (χ0) is 18.8. The number of rotatable bonds is 4. The Bertz CT molecular complexity index is 1060. The van der Waals surface area contributed by atoms with Gasteiger partial charge >= 0.3 is 0 Å². The SMILES string of the molecule is CN1CCCc2ccc(NC(=O)CCn3cnc4ccccc4c3=O)cc21. The zero-order valence-electron chi connectivity index (χ0n) is 15.3. The number of anilines is 2. The molecule has 6 heteroatoms. The van der Waals surface area contributed by atoms with Crippen molar-refractivity contribution < 1.29 is 4.79 Å². The fourth-order valence-electron chi connectivity index (χ4n) is 3.55. The Balaban J connectivity index is 1.44. The van der Waals surface area contributed by atoms with E-state index < -0.39 is 0 Å². The Kier molecular flexibility index (Phi) is 4.62. The Labute approximate surface area is 157 Å². The van der Waals surface area contributed by atoms with E-state index in [1.807, 2.05) is 24.3 Å². The third-order valence-electron chi connectivity index (χ3n) is 5.03. The number of carbonyl (C=O) groups is 1. The molecular formula is C21H22N4O2. The van der Waals surface area contributed by atoms with Gasteiger partial charge in [-0.1, -0.05) is 18.2 Å². The quantitative estimate of drug-likeness (QED) is 0.775. The summed E-state index contributed by atoms with van der Waals surface area (Å²) in [7, 11) is 2.07. The predicted molar refractivity (Wildman–Crippen MR) is 107 cm³/mol. The van der Waals surface area contributed by atoms with Gasteiger partial charge in [-0.05, 0) is 42.7 Å². The number of fused-ring (bicyclic) bond motifs is 2. The van der Waals surface area contributed by atoms with E-state index in [1.165, 1.54) is 22.1 Å². The van der Waals surface area contributed by atoms with Crippen LogP contribution < -0.4 is 15.8 Å². The molecule has 138 valence electrons. The molecule has 0 radical (unpaired) electrons. The molecule has 1 aliphatic rings. The summed E-state index contributed by atoms with van der Waals surface area (Å²) in [5, 5.41) is 3.51. The first-order valence-corrected chi connectivity index (χ1v) is 9.20. The smallest absolute Gasteiger partial charge is 0.261 e. The Hall–Kier alpha value is -3.15. The van der Waals surface area contributed by atoms with Crippen LogP contribution in [0.1, 0.15) is 18.4 Å². The van der Waals surface area contributed by atoms with E-state index in [0.717, 1.165) is 25.1 Å². The highest BCUT2D eigenvalue weighted by Gasteiger charge is 2.14. The second kappa shape index (κ2) is 7.23. The molecule has 2 aromatic carbocycles. The number of hydrogen-bond donors (Lipinski definition) is 1. The van der Waals surface area contributed by atoms with Crippen LogP contribution in [0.5, 0.6) is 0 Å². The molecule has 1 aliphatic heterocycles. The van der Waals surface area contributed by atoms with Crippen molar-refractivity contribution in [1.82, 2.24) is 9.55 Å². The van der Waals surface area contributed by atoms with Crippen molar-refractivity contribution in [3.8, 4) is 0 Å². The highest BCUT2D eigenvalue weighted by molar-refractivity contribution is 5.91. The highest BCUT2D eigenvalue weighted by Crippen LogP contribution is 2.28. The number of aromatic nitrogens is 2. The topological polar surface area (TPSA) is 67.2 Å². The fourth-order valence-corrected chi connectivity index (χ4v) is 3.55. The number of para-hydroxylation sites is 1. The lowest BCUT2D eigenvalue weighted by molar-refractivity contribution is -0.116. The number of carbonyl (C=O) groups excluding carboxylic acids is 1. The zero-order valence-corrected chi connectivity index (χ0v) is 15.3. The van der Waals surface area contributed by atoms with Gasteiger partial charge in [0.15, 0.2) is 0 Å². The minimum atomic E-state index is -0.121. The third-order valence-corrected chi connectivity index (χ3v) is 5.03. The van der Waals surface area contributed by atoms with Crippen molar-refractivity contribution in [3.63, 3.8) is 0 Å². The van der Waals surface area contributed by atoms with Crippen LogP contribution in [0.15, 0.2) is 53.6 Å². The lowest BCUT2D eigenvalue weighted by Crippen LogP contribution is -2.25. The molecule has 0 unspecified atom stereocenters. The van der Waals surface area contributed by atoms with Gasteiger partial charge in [0, 0.05) is 37.9 Å². The molecule has 0 bridgehead atoms. The highest BCUT2D eigenvalue weighted by atomic mass is 16.1. The minimum Gasteiger partial charge on any atom is -0.374 e. The molecule has 27 heavy (non-hydrogen) atoms. The first kappa shape index (κ1) is 17.3. The molecule has 1 amide bonds. The van der Waals surface area contributed by atoms with Crippen LogP contribution >= 0.6 is 0 Å². The monoisotopic (exact) mass is 362 g/mol. The van der Waals surface area contributed by atoms with Crippen LogP contribution in [-0.4, -0.2) is 29.1 Å². The number of benzene rings is 2. The Morgan fingerprint density at radius 1 is 1.22 bits per heavy atom. The number of aryl methyl sites for hydroxylation is 2. The van der Waals surface area contributed by atoms with Gasteiger partial charge in [-0.3, -0.25) is 14.2 Å². The molecule has 0 saturated heterocycles. The summed E-state index contributed by atoms with van der Waals surface area (Å²) in [6.45, 7) is 1.33. The lowest BCUT2D eigenvalue weighted by atomic mass is 10.0. The number of hydrogen-bond acceptors (Lipinski definition) is 4. The van der Waals surface area contributed by atoms with E-state index in [2.05, 4.69) is 28.3 Å². The van der Waals surface area contributed by atoms with E-state index in [4.69, 9.17) is 0 Å². The normalized spacial score (nSPS) is 13.4. The van der Waals surface area contributed by atoms with Crippen LogP contribution in [0.4, 0.5) is 11.4 Å². The van der Waals surface area contributed by atoms with Gasteiger partial charge in [0.05, 0.1) is 17.2 Å². The van der Waals surface area contributed by atoms with Crippen LogP contribution in [-0.2, 0) is 17.8 Å². The van der Waals surface area contributed by atoms with Crippen LogP contribution in [0.25, 0.3) is 10.9 Å². The summed E-state index contributed by atoms with van der Waals surface area (Å²) in [6, 6.07) is 13.3. The third kappa shape index (κ3) is 3.56. The van der Waals surface area contributed by atoms with Gasteiger partial charge in [0.1, 0.15) is 0 Å². The number of nitrogens with one attached hydrogen (secondary N) is 1. The first-order chi connectivity index (χ1) is 13.1. The standard InChI is InChI=1S/C21H22N4O2/c1-24-11-4-5-15-8-9-16(13-19(15)24)23-20(26)10-12-25-14-22-18-7-3-2-6-17(18)21(25)27/h2-3,6-9,13-14H,4-5,10-12H2,1H3,(H,23,26). The summed E-state index contributed by atoms with van der Waals surface area (Å²) in [5.74, 6) is -0.117. The average Bonchev–Trinajstić information content (AvgIpc) is 2.68. The van der Waals surface area contributed by atoms with Crippen molar-refractivity contribution in [2.45, 2.75) is 25.8 Å². The summed E-state index contributed by atoms with van der Waals surface area (Å²) < 4.78 is 1.49. The van der Waals surface area contributed by atoms with E-state index >= 15 is 0 Å². The van der Waals surface area contributed by atoms with Crippen LogP contribution in [0, 0.1) is 0 Å². The second-order valence-corrected chi connectivity index (χ2v) is 6.93. The average molecular weight is 362 g/mol. The molecule has 0 atom stereocenters. The molecule has 2 heterocycles. The van der Waals surface area contributed by atoms with Crippen molar-refractivity contribution in [3.05, 3.63) is 64.7 Å². The van der Waals surface area contributed by atoms with Gasteiger partial charge in [-0.25, -0.2) is 4.98 Å². The van der Waals surface area contributed by atoms with Gasteiger partial charge < -0.3 is 10.2 Å². The van der Waals surface area contributed by atoms with E-state index in [-0.39, 0.29) is 17.9 Å². The molecule has 4 rings (SSSR count). The van der Waals surface area contributed by atoms with E-state index in [1.54, 1.807) is 12.1 Å². The van der Waals surface area contributed by atoms with E-state index in [0.29, 0.717) is 17.4 Å². The molecular weight excluding hydrogens is 340 g/mol. The summed E-state index contributed by atoms with van der Waals surface area (Å²) >= 11 is 0. The Morgan fingerprint density at radius 2 is 2.07 bits per heavy atom. The second-order valence-electron chi connectivity index (χ2n) is 6.93. The number of nitrogens with zero attached hydrogens (tertiary/aromatic N) is 3. The van der Waals surface area contributed by atoms with Crippen LogP contribution in [0.2, 0.25) is 0 Å². The van der Waals surface area contributed by atoms with Gasteiger partial charge in [0.25, 0.3) is 5.56 Å². The minimum absolute atomic E-state index is 0.117. The van der Waals surface area contributed by atoms with Crippen molar-refractivity contribution in [2.75, 3.05) is 23.8 Å². The van der Waals surface area contributed by atoms with Gasteiger partial charge in [-0.15, -0.1) is 0 Å². The summed E-state index contributed by atoms with van der Waals surface area (Å²) in [5.41, 5.74) is 3.83.